The number of aryl methyl sites for hydroxylation is 1. The summed E-state index contributed by atoms with van der Waals surface area (Å²) in [6.45, 7) is 4.89. The molecule has 0 amide bonds. The highest BCUT2D eigenvalue weighted by atomic mass is 35.5. The highest BCUT2D eigenvalue weighted by Crippen LogP contribution is 2.17. The van der Waals surface area contributed by atoms with Crippen LogP contribution in [-0.2, 0) is 12.4 Å². The number of aromatic nitrogens is 2. The van der Waals surface area contributed by atoms with Gasteiger partial charge in [0, 0.05) is 6.54 Å². The molecule has 0 spiro atoms. The lowest BCUT2D eigenvalue weighted by molar-refractivity contribution is 0.511. The smallest absolute Gasteiger partial charge is 0.283 e. The molecule has 2 aromatic rings. The Morgan fingerprint density at radius 1 is 1.42 bits per heavy atom. The lowest BCUT2D eigenvalue weighted by Crippen LogP contribution is -2.20. The molecule has 3 nitrogen and oxygen atoms in total. The second-order valence-corrected chi connectivity index (χ2v) is 5.20. The molecule has 0 unspecified atom stereocenters. The Balaban J connectivity index is 2.68. The van der Waals surface area contributed by atoms with Crippen LogP contribution in [0.15, 0.2) is 23.0 Å². The standard InChI is InChI=1S/C14H16ClFN2O/c1-9(2)6-7-18-11-5-3-4-10(16)13(11)14(19)17-12(18)8-15/h3-5,9H,6-8H2,1-2H3. The van der Waals surface area contributed by atoms with E-state index in [2.05, 4.69) is 18.8 Å². The number of halogens is 2. The van der Waals surface area contributed by atoms with Gasteiger partial charge in [-0.2, -0.15) is 4.98 Å². The van der Waals surface area contributed by atoms with E-state index >= 15 is 0 Å². The molecule has 0 bridgehead atoms. The van der Waals surface area contributed by atoms with Gasteiger partial charge < -0.3 is 4.57 Å². The minimum Gasteiger partial charge on any atom is -0.328 e. The summed E-state index contributed by atoms with van der Waals surface area (Å²) in [5, 5.41) is 0.0418. The van der Waals surface area contributed by atoms with Crippen molar-refractivity contribution in [1.82, 2.24) is 9.55 Å². The zero-order chi connectivity index (χ0) is 14.0. The van der Waals surface area contributed by atoms with E-state index in [4.69, 9.17) is 11.6 Å². The van der Waals surface area contributed by atoms with Crippen molar-refractivity contribution in [2.45, 2.75) is 32.7 Å². The van der Waals surface area contributed by atoms with Gasteiger partial charge in [-0.05, 0) is 24.5 Å². The molecule has 0 saturated carbocycles. The second kappa shape index (κ2) is 5.70. The SMILES string of the molecule is CC(C)CCn1c(CCl)nc(=O)c2c(F)cccc21. The summed E-state index contributed by atoms with van der Waals surface area (Å²) in [6.07, 6.45) is 0.917. The maximum Gasteiger partial charge on any atom is 0.283 e. The maximum atomic E-state index is 13.8. The molecule has 1 aromatic carbocycles. The molecule has 2 rings (SSSR count). The van der Waals surface area contributed by atoms with Crippen molar-refractivity contribution in [1.29, 1.82) is 0 Å². The molecule has 0 aliphatic heterocycles. The summed E-state index contributed by atoms with van der Waals surface area (Å²) in [5.74, 6) is 0.603. The van der Waals surface area contributed by atoms with Gasteiger partial charge in [-0.1, -0.05) is 19.9 Å². The number of rotatable bonds is 4. The van der Waals surface area contributed by atoms with Crippen molar-refractivity contribution in [3.8, 4) is 0 Å². The van der Waals surface area contributed by atoms with Crippen molar-refractivity contribution in [2.75, 3.05) is 0 Å². The van der Waals surface area contributed by atoms with Gasteiger partial charge in [0.25, 0.3) is 5.56 Å². The molecule has 5 heteroatoms. The van der Waals surface area contributed by atoms with E-state index in [-0.39, 0.29) is 11.3 Å². The van der Waals surface area contributed by atoms with Crippen molar-refractivity contribution in [3.63, 3.8) is 0 Å². The summed E-state index contributed by atoms with van der Waals surface area (Å²) in [4.78, 5) is 15.7. The lowest BCUT2D eigenvalue weighted by Gasteiger charge is -2.15. The summed E-state index contributed by atoms with van der Waals surface area (Å²) in [7, 11) is 0. The van der Waals surface area contributed by atoms with Crippen LogP contribution in [0.5, 0.6) is 0 Å². The molecule has 0 saturated heterocycles. The lowest BCUT2D eigenvalue weighted by atomic mass is 10.1. The van der Waals surface area contributed by atoms with Crippen LogP contribution in [0.2, 0.25) is 0 Å². The molecule has 19 heavy (non-hydrogen) atoms. The average molecular weight is 283 g/mol. The van der Waals surface area contributed by atoms with E-state index < -0.39 is 11.4 Å². The van der Waals surface area contributed by atoms with Gasteiger partial charge in [-0.15, -0.1) is 11.6 Å². The third-order valence-corrected chi connectivity index (χ3v) is 3.33. The summed E-state index contributed by atoms with van der Waals surface area (Å²) in [5.41, 5.74) is 0.0147. The highest BCUT2D eigenvalue weighted by molar-refractivity contribution is 6.16. The number of hydrogen-bond acceptors (Lipinski definition) is 2. The Labute approximate surface area is 116 Å². The first kappa shape index (κ1) is 14.0. The minimum absolute atomic E-state index is 0.0418. The van der Waals surface area contributed by atoms with Crippen molar-refractivity contribution in [3.05, 3.63) is 40.2 Å². The first-order valence-corrected chi connectivity index (χ1v) is 6.82. The summed E-state index contributed by atoms with van der Waals surface area (Å²) >= 11 is 5.84. The van der Waals surface area contributed by atoms with E-state index in [0.29, 0.717) is 23.8 Å². The average Bonchev–Trinajstić information content (AvgIpc) is 2.36. The molecule has 1 aromatic heterocycles. The third kappa shape index (κ3) is 2.78. The molecule has 0 atom stereocenters. The van der Waals surface area contributed by atoms with Crippen LogP contribution in [0.25, 0.3) is 10.9 Å². The van der Waals surface area contributed by atoms with E-state index in [1.165, 1.54) is 6.07 Å². The molecule has 0 radical (unpaired) electrons. The van der Waals surface area contributed by atoms with E-state index in [9.17, 15) is 9.18 Å². The number of benzene rings is 1. The fourth-order valence-electron chi connectivity index (χ4n) is 2.06. The number of alkyl halides is 1. The van der Waals surface area contributed by atoms with Crippen LogP contribution in [0.1, 0.15) is 26.1 Å². The molecule has 0 N–H and O–H groups in total. The fourth-order valence-corrected chi connectivity index (χ4v) is 2.26. The van der Waals surface area contributed by atoms with Gasteiger partial charge in [0.15, 0.2) is 0 Å². The van der Waals surface area contributed by atoms with Gasteiger partial charge in [0.05, 0.1) is 11.4 Å². The third-order valence-electron chi connectivity index (χ3n) is 3.09. The molecular formula is C14H16ClFN2O. The van der Waals surface area contributed by atoms with Gasteiger partial charge in [0.2, 0.25) is 0 Å². The van der Waals surface area contributed by atoms with Crippen LogP contribution < -0.4 is 5.56 Å². The zero-order valence-electron chi connectivity index (χ0n) is 11.0. The molecule has 1 heterocycles. The molecule has 0 aliphatic rings. The minimum atomic E-state index is -0.551. The Kier molecular flexibility index (Phi) is 4.20. The van der Waals surface area contributed by atoms with Crippen molar-refractivity contribution < 1.29 is 4.39 Å². The Bertz CT molecular complexity index is 652. The van der Waals surface area contributed by atoms with Crippen LogP contribution in [0.3, 0.4) is 0 Å². The molecule has 102 valence electrons. The number of hydrogen-bond donors (Lipinski definition) is 0. The molecule has 0 fully saturated rings. The Hall–Kier alpha value is -1.42. The van der Waals surface area contributed by atoms with E-state index in [1.54, 1.807) is 12.1 Å². The molecular weight excluding hydrogens is 267 g/mol. The first-order valence-electron chi connectivity index (χ1n) is 6.28. The molecule has 0 aliphatic carbocycles. The van der Waals surface area contributed by atoms with Crippen molar-refractivity contribution in [2.24, 2.45) is 5.92 Å². The Morgan fingerprint density at radius 3 is 2.79 bits per heavy atom. The second-order valence-electron chi connectivity index (χ2n) is 4.93. The van der Waals surface area contributed by atoms with Crippen LogP contribution in [-0.4, -0.2) is 9.55 Å². The first-order chi connectivity index (χ1) is 9.04. The van der Waals surface area contributed by atoms with Gasteiger partial charge in [-0.25, -0.2) is 4.39 Å². The zero-order valence-corrected chi connectivity index (χ0v) is 11.7. The fraction of sp³-hybridized carbons (Fsp3) is 0.429. The van der Waals surface area contributed by atoms with Crippen molar-refractivity contribution >= 4 is 22.5 Å². The predicted molar refractivity (Wildman–Crippen MR) is 75.0 cm³/mol. The normalized spacial score (nSPS) is 11.4. The monoisotopic (exact) mass is 282 g/mol. The number of nitrogens with zero attached hydrogens (tertiary/aromatic N) is 2. The van der Waals surface area contributed by atoms with E-state index in [1.807, 2.05) is 4.57 Å². The van der Waals surface area contributed by atoms with Gasteiger partial charge >= 0.3 is 0 Å². The maximum absolute atomic E-state index is 13.8. The largest absolute Gasteiger partial charge is 0.328 e. The van der Waals surface area contributed by atoms with E-state index in [0.717, 1.165) is 6.42 Å². The summed E-state index contributed by atoms with van der Waals surface area (Å²) < 4.78 is 15.6. The predicted octanol–water partition coefficient (Wildman–Crippen LogP) is 3.32. The van der Waals surface area contributed by atoms with Crippen LogP contribution >= 0.6 is 11.6 Å². The topological polar surface area (TPSA) is 34.9 Å². The summed E-state index contributed by atoms with van der Waals surface area (Å²) in [6, 6.07) is 4.61. The highest BCUT2D eigenvalue weighted by Gasteiger charge is 2.13. The Morgan fingerprint density at radius 2 is 2.16 bits per heavy atom. The quantitative estimate of drug-likeness (QED) is 0.806. The van der Waals surface area contributed by atoms with Crippen LogP contribution in [0, 0.1) is 11.7 Å². The number of fused-ring (bicyclic) bond motifs is 1. The van der Waals surface area contributed by atoms with Crippen LogP contribution in [0.4, 0.5) is 4.39 Å². The van der Waals surface area contributed by atoms with Gasteiger partial charge in [-0.3, -0.25) is 4.79 Å². The van der Waals surface area contributed by atoms with Gasteiger partial charge in [0.1, 0.15) is 17.0 Å².